The van der Waals surface area contributed by atoms with Crippen molar-refractivity contribution in [2.24, 2.45) is 0 Å². The van der Waals surface area contributed by atoms with Crippen LogP contribution in [-0.2, 0) is 17.7 Å². The van der Waals surface area contributed by atoms with Crippen molar-refractivity contribution >= 4 is 17.3 Å². The number of thiazole rings is 1. The number of hydrogen-bond donors (Lipinski definition) is 1. The minimum Gasteiger partial charge on any atom is -0.383 e. The Morgan fingerprint density at radius 1 is 1.50 bits per heavy atom. The lowest BCUT2D eigenvalue weighted by Crippen LogP contribution is -2.12. The maximum atomic E-state index is 5.09. The van der Waals surface area contributed by atoms with Gasteiger partial charge >= 0.3 is 0 Å². The van der Waals surface area contributed by atoms with E-state index in [1.54, 1.807) is 18.4 Å². The van der Waals surface area contributed by atoms with Crippen molar-refractivity contribution in [3.8, 4) is 0 Å². The van der Waals surface area contributed by atoms with Crippen molar-refractivity contribution in [3.05, 3.63) is 28.5 Å². The highest BCUT2D eigenvalue weighted by molar-refractivity contribution is 7.09. The van der Waals surface area contributed by atoms with Gasteiger partial charge in [-0.3, -0.25) is 0 Å². The fraction of sp³-hybridized carbons (Fsp3) is 0.500. The van der Waals surface area contributed by atoms with Gasteiger partial charge in [0.25, 0.3) is 0 Å². The standard InChI is InChI=1S/C12H18N4OS/c1-10-9-16(6-7-17-2)12(15-10)14-4-3-11-13-5-8-18-11/h5,8-9H,3-4,6-7H2,1-2H3,(H,14,15). The van der Waals surface area contributed by atoms with Gasteiger partial charge in [0.15, 0.2) is 0 Å². The number of nitrogens with zero attached hydrogens (tertiary/aromatic N) is 3. The van der Waals surface area contributed by atoms with Gasteiger partial charge in [-0.1, -0.05) is 0 Å². The number of anilines is 1. The first kappa shape index (κ1) is 13.0. The van der Waals surface area contributed by atoms with Crippen LogP contribution in [0.1, 0.15) is 10.7 Å². The van der Waals surface area contributed by atoms with Gasteiger partial charge in [-0.25, -0.2) is 9.97 Å². The highest BCUT2D eigenvalue weighted by Gasteiger charge is 2.05. The van der Waals surface area contributed by atoms with Gasteiger partial charge in [-0.2, -0.15) is 0 Å². The molecule has 0 aliphatic carbocycles. The minimum absolute atomic E-state index is 0.691. The largest absolute Gasteiger partial charge is 0.383 e. The summed E-state index contributed by atoms with van der Waals surface area (Å²) in [6, 6.07) is 0. The highest BCUT2D eigenvalue weighted by atomic mass is 32.1. The van der Waals surface area contributed by atoms with E-state index >= 15 is 0 Å². The maximum Gasteiger partial charge on any atom is 0.203 e. The maximum absolute atomic E-state index is 5.09. The predicted octanol–water partition coefficient (Wildman–Crippen LogP) is 1.95. The Labute approximate surface area is 111 Å². The SMILES string of the molecule is COCCn1cc(C)nc1NCCc1nccs1. The van der Waals surface area contributed by atoms with Gasteiger partial charge in [0.1, 0.15) is 0 Å². The third kappa shape index (κ3) is 3.54. The first-order valence-corrected chi connectivity index (χ1v) is 6.82. The molecular weight excluding hydrogens is 248 g/mol. The van der Waals surface area contributed by atoms with E-state index in [1.807, 2.05) is 24.7 Å². The van der Waals surface area contributed by atoms with Crippen molar-refractivity contribution in [1.29, 1.82) is 0 Å². The molecule has 0 atom stereocenters. The second kappa shape index (κ2) is 6.51. The zero-order valence-corrected chi connectivity index (χ0v) is 11.5. The van der Waals surface area contributed by atoms with Crippen molar-refractivity contribution in [2.45, 2.75) is 19.9 Å². The number of nitrogens with one attached hydrogen (secondary N) is 1. The smallest absolute Gasteiger partial charge is 0.203 e. The Hall–Kier alpha value is -1.40. The molecule has 0 unspecified atom stereocenters. The Balaban J connectivity index is 1.87. The summed E-state index contributed by atoms with van der Waals surface area (Å²) in [5.41, 5.74) is 1.02. The molecule has 0 saturated heterocycles. The van der Waals surface area contributed by atoms with E-state index in [0.717, 1.165) is 36.2 Å². The van der Waals surface area contributed by atoms with Crippen molar-refractivity contribution in [1.82, 2.24) is 14.5 Å². The average molecular weight is 266 g/mol. The van der Waals surface area contributed by atoms with Crippen LogP contribution in [0.15, 0.2) is 17.8 Å². The molecule has 1 N–H and O–H groups in total. The predicted molar refractivity (Wildman–Crippen MR) is 73.1 cm³/mol. The number of aryl methyl sites for hydroxylation is 1. The second-order valence-electron chi connectivity index (χ2n) is 3.99. The Kier molecular flexibility index (Phi) is 4.72. The summed E-state index contributed by atoms with van der Waals surface area (Å²) in [6.07, 6.45) is 4.79. The van der Waals surface area contributed by atoms with Crippen molar-refractivity contribution < 1.29 is 4.74 Å². The molecule has 18 heavy (non-hydrogen) atoms. The minimum atomic E-state index is 0.691. The van der Waals surface area contributed by atoms with Crippen LogP contribution in [0.2, 0.25) is 0 Å². The summed E-state index contributed by atoms with van der Waals surface area (Å²) >= 11 is 1.68. The molecule has 0 saturated carbocycles. The van der Waals surface area contributed by atoms with Gasteiger partial charge in [0.05, 0.1) is 17.3 Å². The molecule has 0 fully saturated rings. The molecule has 0 amide bonds. The van der Waals surface area contributed by atoms with E-state index in [-0.39, 0.29) is 0 Å². The Morgan fingerprint density at radius 3 is 3.11 bits per heavy atom. The summed E-state index contributed by atoms with van der Waals surface area (Å²) in [7, 11) is 1.71. The number of ether oxygens (including phenoxy) is 1. The van der Waals surface area contributed by atoms with Crippen LogP contribution in [-0.4, -0.2) is 34.8 Å². The third-order valence-corrected chi connectivity index (χ3v) is 3.38. The van der Waals surface area contributed by atoms with E-state index in [4.69, 9.17) is 4.74 Å². The first-order chi connectivity index (χ1) is 8.79. The van der Waals surface area contributed by atoms with Gasteiger partial charge in [-0.15, -0.1) is 11.3 Å². The van der Waals surface area contributed by atoms with Gasteiger partial charge < -0.3 is 14.6 Å². The molecule has 2 aromatic heterocycles. The highest BCUT2D eigenvalue weighted by Crippen LogP contribution is 2.09. The van der Waals surface area contributed by atoms with E-state index in [9.17, 15) is 0 Å². The fourth-order valence-electron chi connectivity index (χ4n) is 1.71. The zero-order valence-electron chi connectivity index (χ0n) is 10.7. The molecule has 2 heterocycles. The number of hydrogen-bond acceptors (Lipinski definition) is 5. The molecule has 2 aromatic rings. The number of rotatable bonds is 7. The molecule has 5 nitrogen and oxygen atoms in total. The Bertz CT molecular complexity index is 466. The number of imidazole rings is 1. The molecule has 0 aromatic carbocycles. The fourth-order valence-corrected chi connectivity index (χ4v) is 2.33. The van der Waals surface area contributed by atoms with Crippen LogP contribution < -0.4 is 5.32 Å². The summed E-state index contributed by atoms with van der Waals surface area (Å²) < 4.78 is 7.17. The van der Waals surface area contributed by atoms with Gasteiger partial charge in [0, 0.05) is 44.4 Å². The second-order valence-corrected chi connectivity index (χ2v) is 4.97. The van der Waals surface area contributed by atoms with Crippen LogP contribution >= 0.6 is 11.3 Å². The van der Waals surface area contributed by atoms with E-state index in [2.05, 4.69) is 19.9 Å². The molecule has 0 aliphatic rings. The molecule has 0 bridgehead atoms. The normalized spacial score (nSPS) is 10.8. The average Bonchev–Trinajstić information content (AvgIpc) is 2.97. The topological polar surface area (TPSA) is 52.0 Å². The molecule has 98 valence electrons. The van der Waals surface area contributed by atoms with Crippen LogP contribution in [0.4, 0.5) is 5.95 Å². The summed E-state index contributed by atoms with van der Waals surface area (Å²) in [5.74, 6) is 0.904. The van der Waals surface area contributed by atoms with Crippen LogP contribution in [0.25, 0.3) is 0 Å². The quantitative estimate of drug-likeness (QED) is 0.832. The van der Waals surface area contributed by atoms with Crippen molar-refractivity contribution in [3.63, 3.8) is 0 Å². The monoisotopic (exact) mass is 266 g/mol. The lowest BCUT2D eigenvalue weighted by atomic mass is 10.4. The van der Waals surface area contributed by atoms with Gasteiger partial charge in [0.2, 0.25) is 5.95 Å². The zero-order chi connectivity index (χ0) is 12.8. The molecule has 0 spiro atoms. The van der Waals surface area contributed by atoms with E-state index in [0.29, 0.717) is 6.61 Å². The molecule has 6 heteroatoms. The van der Waals surface area contributed by atoms with Crippen molar-refractivity contribution in [2.75, 3.05) is 25.6 Å². The number of aromatic nitrogens is 3. The van der Waals surface area contributed by atoms with Gasteiger partial charge in [-0.05, 0) is 6.92 Å². The van der Waals surface area contributed by atoms with E-state index in [1.165, 1.54) is 0 Å². The molecule has 2 rings (SSSR count). The summed E-state index contributed by atoms with van der Waals surface area (Å²) in [5, 5.41) is 6.49. The molecular formula is C12H18N4OS. The summed E-state index contributed by atoms with van der Waals surface area (Å²) in [6.45, 7) is 4.35. The third-order valence-electron chi connectivity index (χ3n) is 2.54. The Morgan fingerprint density at radius 2 is 2.39 bits per heavy atom. The van der Waals surface area contributed by atoms with Crippen LogP contribution in [0.3, 0.4) is 0 Å². The lowest BCUT2D eigenvalue weighted by Gasteiger charge is -2.08. The van der Waals surface area contributed by atoms with Crippen LogP contribution in [0.5, 0.6) is 0 Å². The van der Waals surface area contributed by atoms with E-state index < -0.39 is 0 Å². The molecule has 0 radical (unpaired) electrons. The lowest BCUT2D eigenvalue weighted by molar-refractivity contribution is 0.187. The van der Waals surface area contributed by atoms with Crippen LogP contribution in [0, 0.1) is 6.92 Å². The summed E-state index contributed by atoms with van der Waals surface area (Å²) in [4.78, 5) is 8.72. The first-order valence-electron chi connectivity index (χ1n) is 5.94. The number of methoxy groups -OCH3 is 1. The molecule has 0 aliphatic heterocycles.